The van der Waals surface area contributed by atoms with Crippen LogP contribution in [0.3, 0.4) is 0 Å². The van der Waals surface area contributed by atoms with E-state index in [4.69, 9.17) is 14.2 Å². The van der Waals surface area contributed by atoms with Crippen molar-refractivity contribution in [3.05, 3.63) is 94.6 Å². The number of rotatable bonds is 12. The first-order chi connectivity index (χ1) is 22.4. The molecule has 0 spiro atoms. The van der Waals surface area contributed by atoms with Crippen molar-refractivity contribution in [2.75, 3.05) is 18.1 Å². The molecule has 0 bridgehead atoms. The van der Waals surface area contributed by atoms with Gasteiger partial charge in [-0.25, -0.2) is 0 Å². The van der Waals surface area contributed by atoms with Gasteiger partial charge >= 0.3 is 5.91 Å². The smallest absolute Gasteiger partial charge is 0.301 e. The minimum absolute atomic E-state index is 0.0133. The molecule has 0 saturated carbocycles. The van der Waals surface area contributed by atoms with Crippen LogP contribution in [-0.4, -0.2) is 46.3 Å². The van der Waals surface area contributed by atoms with Crippen LogP contribution in [0.15, 0.2) is 76.6 Å². The normalized spacial score (nSPS) is 18.5. The lowest BCUT2D eigenvalue weighted by molar-refractivity contribution is -0.132. The Bertz CT molecular complexity index is 1770. The number of unbranched alkanes of at least 4 members (excludes halogenated alkanes) is 1. The molecule has 3 heterocycles. The predicted molar refractivity (Wildman–Crippen MR) is 179 cm³/mol. The monoisotopic (exact) mass is 657 g/mol. The molecule has 1 amide bonds. The largest absolute Gasteiger partial charge is 0.507 e. The minimum Gasteiger partial charge on any atom is -0.507 e. The van der Waals surface area contributed by atoms with Gasteiger partial charge in [-0.15, -0.1) is 10.2 Å². The summed E-state index contributed by atoms with van der Waals surface area (Å²) < 4.78 is 18.4. The van der Waals surface area contributed by atoms with E-state index < -0.39 is 17.7 Å². The number of carbonyl (C=O) groups is 2. The van der Waals surface area contributed by atoms with Gasteiger partial charge in [-0.3, -0.25) is 14.5 Å². The fraction of sp³-hybridized carbons (Fsp3) is 0.314. The molecule has 6 rings (SSSR count). The summed E-state index contributed by atoms with van der Waals surface area (Å²) in [4.78, 5) is 28.9. The van der Waals surface area contributed by atoms with E-state index in [0.29, 0.717) is 52.4 Å². The summed E-state index contributed by atoms with van der Waals surface area (Å²) in [6.07, 6.45) is 2.57. The van der Waals surface area contributed by atoms with Gasteiger partial charge in [0.15, 0.2) is 15.8 Å². The van der Waals surface area contributed by atoms with Crippen LogP contribution in [0, 0.1) is 0 Å². The van der Waals surface area contributed by atoms with Crippen molar-refractivity contribution in [2.24, 2.45) is 0 Å². The maximum absolute atomic E-state index is 13.8. The van der Waals surface area contributed by atoms with Gasteiger partial charge in [-0.1, -0.05) is 72.8 Å². The molecule has 11 heteroatoms. The topological polar surface area (TPSA) is 111 Å². The number of amides is 1. The molecule has 0 unspecified atom stereocenters. The minimum atomic E-state index is -0.979. The number of nitrogens with zero attached hydrogens (tertiary/aromatic N) is 3. The summed E-state index contributed by atoms with van der Waals surface area (Å²) in [6, 6.07) is 19.7. The molecule has 0 radical (unpaired) electrons. The van der Waals surface area contributed by atoms with Crippen molar-refractivity contribution >= 4 is 45.7 Å². The molecule has 1 fully saturated rings. The number of benzene rings is 3. The maximum Gasteiger partial charge on any atom is 0.301 e. The van der Waals surface area contributed by atoms with Crippen molar-refractivity contribution in [3.8, 4) is 17.2 Å². The van der Waals surface area contributed by atoms with Crippen molar-refractivity contribution < 1.29 is 28.9 Å². The van der Waals surface area contributed by atoms with Gasteiger partial charge in [0.2, 0.25) is 5.13 Å². The number of anilines is 1. The molecule has 238 valence electrons. The lowest BCUT2D eigenvalue weighted by atomic mass is 9.94. The molecule has 1 N–H and O–H groups in total. The Morgan fingerprint density at radius 3 is 2.65 bits per heavy atom. The Kier molecular flexibility index (Phi) is 9.60. The third-order valence-corrected chi connectivity index (χ3v) is 9.89. The van der Waals surface area contributed by atoms with E-state index in [0.717, 1.165) is 29.7 Å². The average molecular weight is 658 g/mol. The number of hydrogen-bond donors (Lipinski definition) is 1. The van der Waals surface area contributed by atoms with Crippen molar-refractivity contribution in [2.45, 2.75) is 62.3 Å². The highest BCUT2D eigenvalue weighted by Gasteiger charge is 2.48. The summed E-state index contributed by atoms with van der Waals surface area (Å²) in [7, 11) is 0. The van der Waals surface area contributed by atoms with E-state index in [1.807, 2.05) is 50.2 Å². The fourth-order valence-electron chi connectivity index (χ4n) is 5.56. The standard InChI is InChI=1S/C35H35N3O6S2/c1-4-6-16-43-27-15-12-23(19-28(27)42-5-2)30-29(31(39)24-13-14-26-25(18-24)17-21(3)44-26)32(40)33(41)38(30)34-36-37-35(46-34)45-20-22-10-8-7-9-11-22/h7-15,18-19,21,30,39H,4-6,16-17,20H2,1-3H3/b31-29+/t21-,30-/m0/s1. The van der Waals surface area contributed by atoms with Crippen molar-refractivity contribution in [1.82, 2.24) is 10.2 Å². The van der Waals surface area contributed by atoms with Gasteiger partial charge in [0.05, 0.1) is 24.8 Å². The number of ether oxygens (including phenoxy) is 3. The number of carbonyl (C=O) groups excluding carboxylic acids is 2. The number of hydrogen-bond acceptors (Lipinski definition) is 10. The van der Waals surface area contributed by atoms with Crippen LogP contribution in [0.1, 0.15) is 61.9 Å². The summed E-state index contributed by atoms with van der Waals surface area (Å²) in [6.45, 7) is 6.87. The molecular weight excluding hydrogens is 623 g/mol. The van der Waals surface area contributed by atoms with Gasteiger partial charge in [-0.05, 0) is 67.3 Å². The lowest BCUT2D eigenvalue weighted by Crippen LogP contribution is -2.29. The highest BCUT2D eigenvalue weighted by atomic mass is 32.2. The van der Waals surface area contributed by atoms with E-state index in [9.17, 15) is 14.7 Å². The molecular formula is C35H35N3O6S2. The number of ketones is 1. The number of thioether (sulfide) groups is 1. The molecule has 4 aromatic rings. The molecule has 46 heavy (non-hydrogen) atoms. The highest BCUT2D eigenvalue weighted by molar-refractivity contribution is 8.00. The molecule has 0 aliphatic carbocycles. The molecule has 1 aromatic heterocycles. The van der Waals surface area contributed by atoms with Crippen LogP contribution in [0.25, 0.3) is 5.76 Å². The molecule has 3 aromatic carbocycles. The van der Waals surface area contributed by atoms with Gasteiger partial charge < -0.3 is 19.3 Å². The Balaban J connectivity index is 1.42. The molecule has 2 atom stereocenters. The van der Waals surface area contributed by atoms with Crippen molar-refractivity contribution in [3.63, 3.8) is 0 Å². The van der Waals surface area contributed by atoms with Gasteiger partial charge in [0.25, 0.3) is 5.78 Å². The SMILES string of the molecule is CCCCOc1ccc([C@H]2/C(=C(\O)c3ccc4c(c3)C[C@H](C)O4)C(=O)C(=O)N2c2nnc(SCc3ccccc3)s2)cc1OCC. The Morgan fingerprint density at radius 2 is 1.87 bits per heavy atom. The zero-order valence-electron chi connectivity index (χ0n) is 25.9. The van der Waals surface area contributed by atoms with Crippen LogP contribution >= 0.6 is 23.1 Å². The third kappa shape index (κ3) is 6.47. The average Bonchev–Trinajstić information content (AvgIpc) is 3.75. The predicted octanol–water partition coefficient (Wildman–Crippen LogP) is 7.36. The van der Waals surface area contributed by atoms with Crippen LogP contribution < -0.4 is 19.1 Å². The second-order valence-corrected chi connectivity index (χ2v) is 13.3. The van der Waals surface area contributed by atoms with Crippen molar-refractivity contribution in [1.29, 1.82) is 0 Å². The second-order valence-electron chi connectivity index (χ2n) is 11.1. The van der Waals surface area contributed by atoms with E-state index in [2.05, 4.69) is 17.1 Å². The Labute approximate surface area is 276 Å². The van der Waals surface area contributed by atoms with Gasteiger partial charge in [-0.2, -0.15) is 0 Å². The van der Waals surface area contributed by atoms with E-state index >= 15 is 0 Å². The first kappa shape index (κ1) is 31.6. The van der Waals surface area contributed by atoms with Crippen LogP contribution in [0.2, 0.25) is 0 Å². The van der Waals surface area contributed by atoms with E-state index in [1.54, 1.807) is 30.3 Å². The van der Waals surface area contributed by atoms with E-state index in [1.165, 1.54) is 28.0 Å². The third-order valence-electron chi connectivity index (χ3n) is 7.76. The quantitative estimate of drug-likeness (QED) is 0.0417. The molecule has 1 saturated heterocycles. The summed E-state index contributed by atoms with van der Waals surface area (Å²) >= 11 is 2.73. The summed E-state index contributed by atoms with van der Waals surface area (Å²) in [5, 5.41) is 20.7. The number of aliphatic hydroxyl groups is 1. The zero-order valence-corrected chi connectivity index (χ0v) is 27.5. The molecule has 2 aliphatic heterocycles. The zero-order chi connectivity index (χ0) is 32.2. The Hall–Kier alpha value is -4.35. The molecule has 9 nitrogen and oxygen atoms in total. The maximum atomic E-state index is 13.8. The summed E-state index contributed by atoms with van der Waals surface area (Å²) in [5.74, 6) is 0.619. The Morgan fingerprint density at radius 1 is 1.04 bits per heavy atom. The highest BCUT2D eigenvalue weighted by Crippen LogP contribution is 2.46. The van der Waals surface area contributed by atoms with E-state index in [-0.39, 0.29) is 22.6 Å². The molecule has 2 aliphatic rings. The summed E-state index contributed by atoms with van der Waals surface area (Å²) in [5.41, 5.74) is 3.02. The number of fused-ring (bicyclic) bond motifs is 1. The fourth-order valence-corrected chi connectivity index (χ4v) is 7.38. The number of Topliss-reactive ketones (excluding diaryl/α,β-unsaturated/α-hetero) is 1. The van der Waals surface area contributed by atoms with Crippen LogP contribution in [0.4, 0.5) is 5.13 Å². The van der Waals surface area contributed by atoms with Gasteiger partial charge in [0, 0.05) is 17.7 Å². The van der Waals surface area contributed by atoms with Crippen LogP contribution in [0.5, 0.6) is 17.2 Å². The number of aromatic nitrogens is 2. The first-order valence-electron chi connectivity index (χ1n) is 15.4. The van der Waals surface area contributed by atoms with Gasteiger partial charge in [0.1, 0.15) is 17.6 Å². The van der Waals surface area contributed by atoms with Crippen LogP contribution in [-0.2, 0) is 21.8 Å². The second kappa shape index (κ2) is 14.0. The lowest BCUT2D eigenvalue weighted by Gasteiger charge is -2.23. The first-order valence-corrected chi connectivity index (χ1v) is 17.2. The number of aliphatic hydroxyl groups excluding tert-OH is 1.